The minimum absolute atomic E-state index is 0.634. The van der Waals surface area contributed by atoms with Gasteiger partial charge in [-0.25, -0.2) is 0 Å². The molecule has 2 heterocycles. The summed E-state index contributed by atoms with van der Waals surface area (Å²) in [4.78, 5) is 0. The van der Waals surface area contributed by atoms with Crippen molar-refractivity contribution in [3.8, 4) is 0 Å². The lowest BCUT2D eigenvalue weighted by Crippen LogP contribution is -2.36. The number of aromatic nitrogens is 2. The zero-order chi connectivity index (χ0) is 14.7. The number of piperidine rings is 1. The highest BCUT2D eigenvalue weighted by Crippen LogP contribution is 2.34. The van der Waals surface area contributed by atoms with E-state index in [0.29, 0.717) is 11.8 Å². The maximum atomic E-state index is 4.64. The lowest BCUT2D eigenvalue weighted by Gasteiger charge is -2.32. The van der Waals surface area contributed by atoms with Gasteiger partial charge in [-0.3, -0.25) is 4.68 Å². The number of hydrogen-bond acceptors (Lipinski definition) is 2. The molecule has 0 bridgehead atoms. The van der Waals surface area contributed by atoms with E-state index in [1.807, 2.05) is 11.7 Å². The second-order valence-electron chi connectivity index (χ2n) is 6.11. The molecule has 0 radical (unpaired) electrons. The third kappa shape index (κ3) is 3.18. The van der Waals surface area contributed by atoms with Crippen LogP contribution in [0.1, 0.15) is 36.1 Å². The molecule has 0 spiro atoms. The summed E-state index contributed by atoms with van der Waals surface area (Å²) in [5.41, 5.74) is 4.20. The first-order valence-corrected chi connectivity index (χ1v) is 8.05. The van der Waals surface area contributed by atoms with Gasteiger partial charge in [0.15, 0.2) is 0 Å². The third-order valence-electron chi connectivity index (χ3n) is 4.62. The molecule has 1 aromatic heterocycles. The molecule has 0 aliphatic carbocycles. The second-order valence-corrected chi connectivity index (χ2v) is 6.11. The van der Waals surface area contributed by atoms with Gasteiger partial charge in [-0.05, 0) is 55.3 Å². The maximum Gasteiger partial charge on any atom is 0.0656 e. The van der Waals surface area contributed by atoms with E-state index >= 15 is 0 Å². The molecule has 1 saturated heterocycles. The first-order chi connectivity index (χ1) is 10.3. The summed E-state index contributed by atoms with van der Waals surface area (Å²) in [6.45, 7) is 4.44. The summed E-state index contributed by atoms with van der Waals surface area (Å²) in [7, 11) is 2.04. The Kier molecular flexibility index (Phi) is 4.39. The topological polar surface area (TPSA) is 29.9 Å². The lowest BCUT2D eigenvalue weighted by atomic mass is 9.78. The fourth-order valence-electron chi connectivity index (χ4n) is 3.60. The van der Waals surface area contributed by atoms with Crippen molar-refractivity contribution in [2.45, 2.75) is 32.1 Å². The highest BCUT2D eigenvalue weighted by atomic mass is 15.3. The van der Waals surface area contributed by atoms with Crippen LogP contribution in [-0.2, 0) is 19.9 Å². The van der Waals surface area contributed by atoms with Crippen LogP contribution in [0.25, 0.3) is 0 Å². The number of benzene rings is 1. The van der Waals surface area contributed by atoms with Crippen molar-refractivity contribution in [3.05, 3.63) is 53.3 Å². The number of nitrogens with one attached hydrogen (secondary N) is 1. The van der Waals surface area contributed by atoms with Gasteiger partial charge in [0.2, 0.25) is 0 Å². The minimum Gasteiger partial charge on any atom is -0.316 e. The largest absolute Gasteiger partial charge is 0.316 e. The maximum absolute atomic E-state index is 4.64. The fourth-order valence-corrected chi connectivity index (χ4v) is 3.60. The minimum atomic E-state index is 0.634. The molecule has 2 atom stereocenters. The molecule has 2 aromatic rings. The zero-order valence-corrected chi connectivity index (χ0v) is 13.0. The van der Waals surface area contributed by atoms with Crippen LogP contribution in [-0.4, -0.2) is 22.9 Å². The van der Waals surface area contributed by atoms with Gasteiger partial charge < -0.3 is 5.32 Å². The van der Waals surface area contributed by atoms with Crippen molar-refractivity contribution >= 4 is 0 Å². The number of nitrogens with zero attached hydrogens (tertiary/aromatic N) is 2. The van der Waals surface area contributed by atoms with Gasteiger partial charge in [-0.15, -0.1) is 0 Å². The van der Waals surface area contributed by atoms with Crippen molar-refractivity contribution in [2.24, 2.45) is 13.0 Å². The molecule has 1 fully saturated rings. The summed E-state index contributed by atoms with van der Waals surface area (Å²) in [5.74, 6) is 1.30. The monoisotopic (exact) mass is 283 g/mol. The van der Waals surface area contributed by atoms with Gasteiger partial charge in [0, 0.05) is 13.2 Å². The van der Waals surface area contributed by atoms with E-state index in [2.05, 4.69) is 53.9 Å². The number of hydrogen-bond donors (Lipinski definition) is 1. The highest BCUT2D eigenvalue weighted by Gasteiger charge is 2.29. The Hall–Kier alpha value is -1.61. The summed E-state index contributed by atoms with van der Waals surface area (Å²) in [5, 5.41) is 8.21. The predicted octanol–water partition coefficient (Wildman–Crippen LogP) is 2.92. The summed E-state index contributed by atoms with van der Waals surface area (Å²) in [6, 6.07) is 10.9. The smallest absolute Gasteiger partial charge is 0.0656 e. The molecule has 3 nitrogen and oxygen atoms in total. The molecule has 0 amide bonds. The Bertz CT molecular complexity index is 573. The Morgan fingerprint density at radius 1 is 1.29 bits per heavy atom. The molecule has 1 N–H and O–H groups in total. The van der Waals surface area contributed by atoms with E-state index in [9.17, 15) is 0 Å². The Balaban J connectivity index is 1.84. The average Bonchev–Trinajstić information content (AvgIpc) is 2.90. The molecule has 3 rings (SSSR count). The van der Waals surface area contributed by atoms with Gasteiger partial charge >= 0.3 is 0 Å². The normalized spacial score (nSPS) is 22.4. The van der Waals surface area contributed by atoms with Crippen LogP contribution in [0.4, 0.5) is 0 Å². The molecule has 1 aromatic carbocycles. The highest BCUT2D eigenvalue weighted by molar-refractivity contribution is 5.25. The van der Waals surface area contributed by atoms with Crippen LogP contribution in [0.5, 0.6) is 0 Å². The van der Waals surface area contributed by atoms with E-state index < -0.39 is 0 Å². The summed E-state index contributed by atoms with van der Waals surface area (Å²) < 4.78 is 1.98. The average molecular weight is 283 g/mol. The molecule has 2 unspecified atom stereocenters. The standard InChI is InChI=1S/C18H25N3/c1-3-18-17(13-21(2)20-18)16-9-10-19-12-15(16)11-14-7-5-4-6-8-14/h4-8,13,15-16,19H,3,9-12H2,1-2H3. The van der Waals surface area contributed by atoms with Crippen molar-refractivity contribution < 1.29 is 0 Å². The van der Waals surface area contributed by atoms with Crippen LogP contribution in [0.15, 0.2) is 36.5 Å². The molecule has 112 valence electrons. The van der Waals surface area contributed by atoms with Crippen LogP contribution in [0.3, 0.4) is 0 Å². The molecule has 0 saturated carbocycles. The molecule has 21 heavy (non-hydrogen) atoms. The van der Waals surface area contributed by atoms with Crippen molar-refractivity contribution in [2.75, 3.05) is 13.1 Å². The van der Waals surface area contributed by atoms with Gasteiger partial charge in [0.05, 0.1) is 5.69 Å². The molecular weight excluding hydrogens is 258 g/mol. The van der Waals surface area contributed by atoms with Crippen molar-refractivity contribution in [1.29, 1.82) is 0 Å². The van der Waals surface area contributed by atoms with E-state index in [4.69, 9.17) is 0 Å². The number of rotatable bonds is 4. The van der Waals surface area contributed by atoms with E-state index in [1.165, 1.54) is 23.2 Å². The summed E-state index contributed by atoms with van der Waals surface area (Å²) in [6.07, 6.45) is 5.64. The predicted molar refractivity (Wildman–Crippen MR) is 86.4 cm³/mol. The lowest BCUT2D eigenvalue weighted by molar-refractivity contribution is 0.323. The van der Waals surface area contributed by atoms with Gasteiger partial charge in [0.25, 0.3) is 0 Å². The van der Waals surface area contributed by atoms with Crippen molar-refractivity contribution in [1.82, 2.24) is 15.1 Å². The van der Waals surface area contributed by atoms with Gasteiger partial charge in [0.1, 0.15) is 0 Å². The van der Waals surface area contributed by atoms with Crippen LogP contribution in [0.2, 0.25) is 0 Å². The quantitative estimate of drug-likeness (QED) is 0.935. The van der Waals surface area contributed by atoms with Crippen molar-refractivity contribution in [3.63, 3.8) is 0 Å². The molecular formula is C18H25N3. The van der Waals surface area contributed by atoms with Gasteiger partial charge in [-0.2, -0.15) is 5.10 Å². The summed E-state index contributed by atoms with van der Waals surface area (Å²) >= 11 is 0. The third-order valence-corrected chi connectivity index (χ3v) is 4.62. The molecule has 1 aliphatic rings. The van der Waals surface area contributed by atoms with Crippen LogP contribution >= 0.6 is 0 Å². The van der Waals surface area contributed by atoms with E-state index in [1.54, 1.807) is 0 Å². The number of aryl methyl sites for hydroxylation is 2. The second kappa shape index (κ2) is 6.44. The zero-order valence-electron chi connectivity index (χ0n) is 13.0. The Morgan fingerprint density at radius 2 is 2.10 bits per heavy atom. The Labute approximate surface area is 127 Å². The van der Waals surface area contributed by atoms with Crippen LogP contribution < -0.4 is 5.32 Å². The fraction of sp³-hybridized carbons (Fsp3) is 0.500. The van der Waals surface area contributed by atoms with E-state index in [0.717, 1.165) is 25.9 Å². The molecule has 1 aliphatic heterocycles. The molecule has 3 heteroatoms. The Morgan fingerprint density at radius 3 is 2.86 bits per heavy atom. The SMILES string of the molecule is CCc1nn(C)cc1C1CCNCC1Cc1ccccc1. The van der Waals surface area contributed by atoms with E-state index in [-0.39, 0.29) is 0 Å². The first-order valence-electron chi connectivity index (χ1n) is 8.05. The first kappa shape index (κ1) is 14.3. The van der Waals surface area contributed by atoms with Crippen LogP contribution in [0, 0.1) is 5.92 Å². The van der Waals surface area contributed by atoms with Gasteiger partial charge in [-0.1, -0.05) is 37.3 Å².